The van der Waals surface area contributed by atoms with Crippen LogP contribution < -0.4 is 11.1 Å². The highest BCUT2D eigenvalue weighted by Gasteiger charge is 2.42. The summed E-state index contributed by atoms with van der Waals surface area (Å²) in [6.07, 6.45) is 6.44. The molecule has 1 aromatic carbocycles. The van der Waals surface area contributed by atoms with Crippen molar-refractivity contribution < 1.29 is 4.79 Å². The van der Waals surface area contributed by atoms with Crippen LogP contribution in [0.5, 0.6) is 0 Å². The Labute approximate surface area is 120 Å². The van der Waals surface area contributed by atoms with E-state index < -0.39 is 0 Å². The molecule has 3 nitrogen and oxygen atoms in total. The molecule has 0 saturated heterocycles. The molecule has 20 heavy (non-hydrogen) atoms. The molecule has 0 heterocycles. The molecular weight excluding hydrogens is 248 g/mol. The molecule has 2 fully saturated rings. The minimum atomic E-state index is -0.0396. The maximum Gasteiger partial charge on any atom is 0.220 e. The summed E-state index contributed by atoms with van der Waals surface area (Å²) >= 11 is 0. The van der Waals surface area contributed by atoms with Crippen LogP contribution in [0.15, 0.2) is 30.3 Å². The van der Waals surface area contributed by atoms with E-state index in [1.807, 2.05) is 30.3 Å². The van der Waals surface area contributed by atoms with Crippen molar-refractivity contribution in [1.82, 2.24) is 5.32 Å². The molecule has 0 bridgehead atoms. The molecule has 0 aliphatic heterocycles. The van der Waals surface area contributed by atoms with Gasteiger partial charge in [0, 0.05) is 18.5 Å². The third kappa shape index (κ3) is 3.60. The first kappa shape index (κ1) is 13.6. The monoisotopic (exact) mass is 272 g/mol. The van der Waals surface area contributed by atoms with E-state index in [0.29, 0.717) is 12.5 Å². The molecule has 3 heteroatoms. The van der Waals surface area contributed by atoms with Crippen LogP contribution >= 0.6 is 0 Å². The minimum Gasteiger partial charge on any atom is -0.353 e. The molecule has 0 radical (unpaired) electrons. The summed E-state index contributed by atoms with van der Waals surface area (Å²) in [7, 11) is 0. The van der Waals surface area contributed by atoms with Gasteiger partial charge in [0.2, 0.25) is 5.91 Å². The Morgan fingerprint density at radius 1 is 1.15 bits per heavy atom. The van der Waals surface area contributed by atoms with E-state index >= 15 is 0 Å². The van der Waals surface area contributed by atoms with Gasteiger partial charge in [0.25, 0.3) is 0 Å². The Bertz CT molecular complexity index is 439. The topological polar surface area (TPSA) is 55.1 Å². The van der Waals surface area contributed by atoms with Crippen LogP contribution in [0.1, 0.15) is 50.1 Å². The summed E-state index contributed by atoms with van der Waals surface area (Å²) in [6.45, 7) is 0. The van der Waals surface area contributed by atoms with Crippen LogP contribution in [0.3, 0.4) is 0 Å². The van der Waals surface area contributed by atoms with Gasteiger partial charge < -0.3 is 11.1 Å². The van der Waals surface area contributed by atoms with Gasteiger partial charge in [-0.2, -0.15) is 0 Å². The maximum absolute atomic E-state index is 12.1. The summed E-state index contributed by atoms with van der Waals surface area (Å²) in [5.41, 5.74) is 7.25. The summed E-state index contributed by atoms with van der Waals surface area (Å²) in [4.78, 5) is 12.1. The van der Waals surface area contributed by atoms with E-state index in [4.69, 9.17) is 5.73 Å². The zero-order valence-corrected chi connectivity index (χ0v) is 11.9. The largest absolute Gasteiger partial charge is 0.353 e. The lowest BCUT2D eigenvalue weighted by atomic mass is 10.0. The first-order valence-electron chi connectivity index (χ1n) is 7.84. The average Bonchev–Trinajstić information content (AvgIpc) is 3.36. The Morgan fingerprint density at radius 3 is 2.30 bits per heavy atom. The van der Waals surface area contributed by atoms with Crippen LogP contribution in [0, 0.1) is 11.8 Å². The van der Waals surface area contributed by atoms with E-state index in [9.17, 15) is 4.79 Å². The van der Waals surface area contributed by atoms with Gasteiger partial charge in [-0.25, -0.2) is 0 Å². The lowest BCUT2D eigenvalue weighted by Gasteiger charge is -2.18. The first-order valence-corrected chi connectivity index (χ1v) is 7.84. The SMILES string of the molecule is NC(CCC(=O)NC(C1CC1)C1CC1)c1ccccc1. The fraction of sp³-hybridized carbons (Fsp3) is 0.588. The van der Waals surface area contributed by atoms with E-state index in [2.05, 4.69) is 5.32 Å². The summed E-state index contributed by atoms with van der Waals surface area (Å²) in [6, 6.07) is 10.4. The van der Waals surface area contributed by atoms with E-state index in [1.54, 1.807) is 0 Å². The highest BCUT2D eigenvalue weighted by atomic mass is 16.1. The Kier molecular flexibility index (Phi) is 4.06. The number of rotatable bonds is 7. The number of nitrogens with one attached hydrogen (secondary N) is 1. The van der Waals surface area contributed by atoms with Gasteiger partial charge in [-0.3, -0.25) is 4.79 Å². The zero-order valence-electron chi connectivity index (χ0n) is 11.9. The lowest BCUT2D eigenvalue weighted by molar-refractivity contribution is -0.122. The molecule has 0 spiro atoms. The van der Waals surface area contributed by atoms with Crippen molar-refractivity contribution in [1.29, 1.82) is 0 Å². The minimum absolute atomic E-state index is 0.0396. The molecular formula is C17H24N2O. The fourth-order valence-corrected chi connectivity index (χ4v) is 2.94. The van der Waals surface area contributed by atoms with Gasteiger partial charge in [0.05, 0.1) is 0 Å². The number of nitrogens with two attached hydrogens (primary N) is 1. The molecule has 1 unspecified atom stereocenters. The Hall–Kier alpha value is -1.35. The van der Waals surface area contributed by atoms with E-state index in [1.165, 1.54) is 25.7 Å². The highest BCUT2D eigenvalue weighted by molar-refractivity contribution is 5.76. The zero-order chi connectivity index (χ0) is 13.9. The summed E-state index contributed by atoms with van der Waals surface area (Å²) in [5.74, 6) is 1.70. The Morgan fingerprint density at radius 2 is 1.75 bits per heavy atom. The van der Waals surface area contributed by atoms with Crippen molar-refractivity contribution in [3.05, 3.63) is 35.9 Å². The molecule has 2 aliphatic carbocycles. The normalized spacial score (nSPS) is 19.9. The van der Waals surface area contributed by atoms with Gasteiger partial charge in [-0.05, 0) is 49.5 Å². The molecule has 3 N–H and O–H groups in total. The average molecular weight is 272 g/mol. The van der Waals surface area contributed by atoms with Crippen molar-refractivity contribution in [3.8, 4) is 0 Å². The number of carbonyl (C=O) groups excluding carboxylic acids is 1. The number of carbonyl (C=O) groups is 1. The van der Waals surface area contributed by atoms with Crippen LogP contribution in [0.2, 0.25) is 0 Å². The van der Waals surface area contributed by atoms with Crippen molar-refractivity contribution in [2.45, 2.75) is 50.6 Å². The second kappa shape index (κ2) is 5.96. The lowest BCUT2D eigenvalue weighted by Crippen LogP contribution is -2.38. The van der Waals surface area contributed by atoms with Crippen molar-refractivity contribution in [3.63, 3.8) is 0 Å². The predicted octanol–water partition coefficient (Wildman–Crippen LogP) is 2.77. The first-order chi connectivity index (χ1) is 9.74. The van der Waals surface area contributed by atoms with Gasteiger partial charge >= 0.3 is 0 Å². The second-order valence-corrected chi connectivity index (χ2v) is 6.32. The van der Waals surface area contributed by atoms with Crippen LogP contribution in [0.4, 0.5) is 0 Å². The third-order valence-corrected chi connectivity index (χ3v) is 4.50. The van der Waals surface area contributed by atoms with Gasteiger partial charge in [0.1, 0.15) is 0 Å². The van der Waals surface area contributed by atoms with E-state index in [-0.39, 0.29) is 11.9 Å². The quantitative estimate of drug-likeness (QED) is 0.802. The molecule has 0 aromatic heterocycles. The van der Waals surface area contributed by atoms with E-state index in [0.717, 1.165) is 23.8 Å². The van der Waals surface area contributed by atoms with Gasteiger partial charge in [-0.15, -0.1) is 0 Å². The second-order valence-electron chi connectivity index (χ2n) is 6.32. The standard InChI is InChI=1S/C17H24N2O/c18-15(12-4-2-1-3-5-12)10-11-16(20)19-17(13-6-7-13)14-8-9-14/h1-5,13-15,17H,6-11,18H2,(H,19,20). The molecule has 1 amide bonds. The molecule has 2 saturated carbocycles. The maximum atomic E-state index is 12.1. The molecule has 108 valence electrons. The molecule has 1 aromatic rings. The van der Waals surface area contributed by atoms with Crippen molar-refractivity contribution >= 4 is 5.91 Å². The van der Waals surface area contributed by atoms with Gasteiger partial charge in [0.15, 0.2) is 0 Å². The summed E-state index contributed by atoms with van der Waals surface area (Å²) in [5, 5.41) is 3.25. The molecule has 2 aliphatic rings. The smallest absolute Gasteiger partial charge is 0.220 e. The third-order valence-electron chi connectivity index (χ3n) is 4.50. The molecule has 3 rings (SSSR count). The summed E-state index contributed by atoms with van der Waals surface area (Å²) < 4.78 is 0. The van der Waals surface area contributed by atoms with Crippen LogP contribution in [-0.2, 0) is 4.79 Å². The van der Waals surface area contributed by atoms with Crippen molar-refractivity contribution in [2.24, 2.45) is 17.6 Å². The Balaban J connectivity index is 1.44. The number of amides is 1. The number of hydrogen-bond acceptors (Lipinski definition) is 2. The highest BCUT2D eigenvalue weighted by Crippen LogP contribution is 2.44. The molecule has 1 atom stereocenters. The number of hydrogen-bond donors (Lipinski definition) is 2. The van der Waals surface area contributed by atoms with Crippen LogP contribution in [0.25, 0.3) is 0 Å². The number of benzene rings is 1. The van der Waals surface area contributed by atoms with Crippen LogP contribution in [-0.4, -0.2) is 11.9 Å². The van der Waals surface area contributed by atoms with Gasteiger partial charge in [-0.1, -0.05) is 30.3 Å². The predicted molar refractivity (Wildman–Crippen MR) is 80.0 cm³/mol. The fourth-order valence-electron chi connectivity index (χ4n) is 2.94. The van der Waals surface area contributed by atoms with Crippen molar-refractivity contribution in [2.75, 3.05) is 0 Å².